The highest BCUT2D eigenvalue weighted by molar-refractivity contribution is 9.10. The Morgan fingerprint density at radius 2 is 1.85 bits per heavy atom. The molecule has 0 radical (unpaired) electrons. The molecule has 138 valence electrons. The molecular formula is C19H22BrN3O2S. The number of anilines is 1. The average molecular weight is 436 g/mol. The second-order valence-electron chi connectivity index (χ2n) is 6.70. The Morgan fingerprint density at radius 1 is 1.15 bits per heavy atom. The molecule has 0 unspecified atom stereocenters. The highest BCUT2D eigenvalue weighted by atomic mass is 79.9. The van der Waals surface area contributed by atoms with Crippen molar-refractivity contribution in [2.75, 3.05) is 31.1 Å². The molecule has 1 aliphatic rings. The van der Waals surface area contributed by atoms with Gasteiger partial charge in [-0.1, -0.05) is 12.1 Å². The third-order valence-electron chi connectivity index (χ3n) is 4.34. The zero-order valence-electron chi connectivity index (χ0n) is 14.9. The molecule has 2 aromatic rings. The number of hydrogen-bond acceptors (Lipinski definition) is 5. The Hall–Kier alpha value is -1.73. The summed E-state index contributed by atoms with van der Waals surface area (Å²) in [7, 11) is 0. The van der Waals surface area contributed by atoms with Gasteiger partial charge in [-0.3, -0.25) is 4.79 Å². The number of carbonyl (C=O) groups excluding carboxylic acids is 1. The summed E-state index contributed by atoms with van der Waals surface area (Å²) in [6, 6.07) is 11.4. The van der Waals surface area contributed by atoms with Gasteiger partial charge in [0.05, 0.1) is 10.9 Å². The summed E-state index contributed by atoms with van der Waals surface area (Å²) >= 11 is 5.14. The topological polar surface area (TPSA) is 56.7 Å². The van der Waals surface area contributed by atoms with Crippen LogP contribution in [0.25, 0.3) is 0 Å². The molecule has 0 bridgehead atoms. The number of aromatic hydroxyl groups is 1. The van der Waals surface area contributed by atoms with Crippen LogP contribution in [0.4, 0.5) is 5.82 Å². The molecule has 1 saturated heterocycles. The molecule has 0 atom stereocenters. The lowest BCUT2D eigenvalue weighted by Crippen LogP contribution is -2.53. The van der Waals surface area contributed by atoms with E-state index in [4.69, 9.17) is 0 Å². The number of hydrogen-bond donors (Lipinski definition) is 1. The van der Waals surface area contributed by atoms with Gasteiger partial charge in [0.25, 0.3) is 0 Å². The fourth-order valence-corrected chi connectivity index (χ4v) is 4.54. The Balaban J connectivity index is 1.62. The summed E-state index contributed by atoms with van der Waals surface area (Å²) in [5.74, 6) is 1.14. The first kappa shape index (κ1) is 19.0. The molecule has 0 saturated carbocycles. The fourth-order valence-electron chi connectivity index (χ4n) is 2.93. The second-order valence-corrected chi connectivity index (χ2v) is 9.22. The second kappa shape index (κ2) is 7.88. The molecule has 1 N–H and O–H groups in total. The van der Waals surface area contributed by atoms with Gasteiger partial charge < -0.3 is 14.9 Å². The van der Waals surface area contributed by atoms with Crippen molar-refractivity contribution < 1.29 is 9.90 Å². The number of pyridine rings is 1. The smallest absolute Gasteiger partial charge is 0.238 e. The third kappa shape index (κ3) is 4.32. The van der Waals surface area contributed by atoms with E-state index in [-0.39, 0.29) is 11.7 Å². The van der Waals surface area contributed by atoms with Gasteiger partial charge in [-0.25, -0.2) is 4.98 Å². The summed E-state index contributed by atoms with van der Waals surface area (Å²) in [5, 5.41) is 9.36. The lowest BCUT2D eigenvalue weighted by Gasteiger charge is -2.38. The summed E-state index contributed by atoms with van der Waals surface area (Å²) in [6.07, 6.45) is 1.45. The van der Waals surface area contributed by atoms with E-state index in [9.17, 15) is 9.90 Å². The zero-order valence-corrected chi connectivity index (χ0v) is 17.3. The number of carbonyl (C=O) groups is 1. The zero-order chi connectivity index (χ0) is 18.7. The third-order valence-corrected chi connectivity index (χ3v) is 6.55. The lowest BCUT2D eigenvalue weighted by atomic mass is 10.1. The minimum Gasteiger partial charge on any atom is -0.506 e. The van der Waals surface area contributed by atoms with E-state index in [1.54, 1.807) is 23.9 Å². The van der Waals surface area contributed by atoms with E-state index in [0.717, 1.165) is 28.3 Å². The van der Waals surface area contributed by atoms with Crippen LogP contribution in [0.5, 0.6) is 5.75 Å². The molecule has 26 heavy (non-hydrogen) atoms. The highest BCUT2D eigenvalue weighted by Gasteiger charge is 2.35. The Morgan fingerprint density at radius 3 is 2.46 bits per heavy atom. The number of halogens is 1. The van der Waals surface area contributed by atoms with Crippen molar-refractivity contribution in [2.45, 2.75) is 23.5 Å². The molecule has 1 aromatic heterocycles. The van der Waals surface area contributed by atoms with E-state index < -0.39 is 4.75 Å². The van der Waals surface area contributed by atoms with E-state index in [1.807, 2.05) is 43.0 Å². The fraction of sp³-hybridized carbons (Fsp3) is 0.368. The largest absolute Gasteiger partial charge is 0.506 e. The predicted octanol–water partition coefficient (Wildman–Crippen LogP) is 3.77. The number of piperazine rings is 1. The van der Waals surface area contributed by atoms with Crippen LogP contribution in [0.2, 0.25) is 0 Å². The highest BCUT2D eigenvalue weighted by Crippen LogP contribution is 2.38. The molecule has 3 rings (SSSR count). The Kier molecular flexibility index (Phi) is 5.77. The monoisotopic (exact) mass is 435 g/mol. The van der Waals surface area contributed by atoms with Gasteiger partial charge in [-0.2, -0.15) is 0 Å². The summed E-state index contributed by atoms with van der Waals surface area (Å²) in [4.78, 5) is 22.4. The van der Waals surface area contributed by atoms with Gasteiger partial charge in [0.15, 0.2) is 0 Å². The SMILES string of the molecule is CC(C)(Sc1ccccc1Br)C(=O)N1CCN(c2ccc(O)cn2)CC1. The first-order valence-corrected chi connectivity index (χ1v) is 10.1. The van der Waals surface area contributed by atoms with Crippen LogP contribution < -0.4 is 4.90 Å². The molecule has 7 heteroatoms. The van der Waals surface area contributed by atoms with Crippen LogP contribution >= 0.6 is 27.7 Å². The molecule has 5 nitrogen and oxygen atoms in total. The van der Waals surface area contributed by atoms with Crippen LogP contribution in [0.1, 0.15) is 13.8 Å². The Labute approximate surface area is 166 Å². The quantitative estimate of drug-likeness (QED) is 0.740. The first-order chi connectivity index (χ1) is 12.4. The molecule has 0 aliphatic carbocycles. The number of benzene rings is 1. The van der Waals surface area contributed by atoms with Crippen LogP contribution in [-0.2, 0) is 4.79 Å². The molecule has 1 aromatic carbocycles. The maximum atomic E-state index is 13.0. The number of amides is 1. The minimum absolute atomic E-state index is 0.150. The van der Waals surface area contributed by atoms with E-state index in [0.29, 0.717) is 13.1 Å². The van der Waals surface area contributed by atoms with Crippen molar-refractivity contribution in [1.29, 1.82) is 0 Å². The lowest BCUT2D eigenvalue weighted by molar-refractivity contribution is -0.133. The minimum atomic E-state index is -0.539. The normalized spacial score (nSPS) is 15.2. The average Bonchev–Trinajstić information content (AvgIpc) is 2.64. The number of rotatable bonds is 4. The van der Waals surface area contributed by atoms with Gasteiger partial charge in [-0.05, 0) is 54.0 Å². The maximum absolute atomic E-state index is 13.0. The number of thioether (sulfide) groups is 1. The number of aromatic nitrogens is 1. The van der Waals surface area contributed by atoms with Crippen molar-refractivity contribution in [3.63, 3.8) is 0 Å². The first-order valence-electron chi connectivity index (χ1n) is 8.50. The van der Waals surface area contributed by atoms with Gasteiger partial charge in [0, 0.05) is 35.5 Å². The van der Waals surface area contributed by atoms with Crippen molar-refractivity contribution >= 4 is 39.4 Å². The van der Waals surface area contributed by atoms with Gasteiger partial charge in [0.2, 0.25) is 5.91 Å². The van der Waals surface area contributed by atoms with E-state index in [2.05, 4.69) is 25.8 Å². The van der Waals surface area contributed by atoms with Gasteiger partial charge in [0.1, 0.15) is 11.6 Å². The van der Waals surface area contributed by atoms with Crippen molar-refractivity contribution in [3.05, 3.63) is 47.1 Å². The molecule has 2 heterocycles. The summed E-state index contributed by atoms with van der Waals surface area (Å²) in [5.41, 5.74) is 0. The standard InChI is InChI=1S/C19H22BrN3O2S/c1-19(2,26-16-6-4-3-5-15(16)20)18(25)23-11-9-22(10-12-23)17-8-7-14(24)13-21-17/h3-8,13,24H,9-12H2,1-2H3. The van der Waals surface area contributed by atoms with Crippen LogP contribution in [-0.4, -0.2) is 51.8 Å². The van der Waals surface area contributed by atoms with E-state index >= 15 is 0 Å². The van der Waals surface area contributed by atoms with E-state index in [1.165, 1.54) is 6.20 Å². The molecule has 1 amide bonds. The molecule has 1 fully saturated rings. The molecule has 0 spiro atoms. The van der Waals surface area contributed by atoms with Gasteiger partial charge in [-0.15, -0.1) is 11.8 Å². The maximum Gasteiger partial charge on any atom is 0.238 e. The van der Waals surface area contributed by atoms with Gasteiger partial charge >= 0.3 is 0 Å². The van der Waals surface area contributed by atoms with Crippen LogP contribution in [0, 0.1) is 0 Å². The summed E-state index contributed by atoms with van der Waals surface area (Å²) in [6.45, 7) is 6.77. The van der Waals surface area contributed by atoms with Crippen LogP contribution in [0.3, 0.4) is 0 Å². The molecule has 1 aliphatic heterocycles. The van der Waals surface area contributed by atoms with Crippen LogP contribution in [0.15, 0.2) is 52.0 Å². The Bertz CT molecular complexity index is 775. The van der Waals surface area contributed by atoms with Crippen molar-refractivity contribution in [2.24, 2.45) is 0 Å². The van der Waals surface area contributed by atoms with Crippen molar-refractivity contribution in [3.8, 4) is 5.75 Å². The van der Waals surface area contributed by atoms with Crippen molar-refractivity contribution in [1.82, 2.24) is 9.88 Å². The number of nitrogens with zero attached hydrogens (tertiary/aromatic N) is 3. The predicted molar refractivity (Wildman–Crippen MR) is 109 cm³/mol. The molecular weight excluding hydrogens is 414 g/mol. The summed E-state index contributed by atoms with van der Waals surface area (Å²) < 4.78 is 0.470.